The van der Waals surface area contributed by atoms with E-state index in [1.54, 1.807) is 7.11 Å². The summed E-state index contributed by atoms with van der Waals surface area (Å²) in [4.78, 5) is 32.5. The molecule has 13 heteroatoms. The lowest BCUT2D eigenvalue weighted by Crippen LogP contribution is -2.53. The number of anilines is 2. The fourth-order valence-corrected chi connectivity index (χ4v) is 5.89. The van der Waals surface area contributed by atoms with Crippen LogP contribution in [0.3, 0.4) is 0 Å². The van der Waals surface area contributed by atoms with Gasteiger partial charge in [0.1, 0.15) is 18.2 Å². The molecule has 2 fully saturated rings. The van der Waals surface area contributed by atoms with E-state index in [0.29, 0.717) is 37.4 Å². The summed E-state index contributed by atoms with van der Waals surface area (Å²) in [5.74, 6) is 0.256. The van der Waals surface area contributed by atoms with Gasteiger partial charge in [0.15, 0.2) is 0 Å². The number of benzene rings is 1. The molecule has 1 saturated heterocycles. The van der Waals surface area contributed by atoms with Crippen molar-refractivity contribution < 1.29 is 32.6 Å². The summed E-state index contributed by atoms with van der Waals surface area (Å²) in [5, 5.41) is 9.76. The molecule has 40 heavy (non-hydrogen) atoms. The van der Waals surface area contributed by atoms with Gasteiger partial charge in [-0.3, -0.25) is 0 Å². The summed E-state index contributed by atoms with van der Waals surface area (Å²) in [6.45, 7) is 4.35. The van der Waals surface area contributed by atoms with Crippen LogP contribution in [-0.2, 0) is 26.3 Å². The highest BCUT2D eigenvalue weighted by atomic mass is 32.2. The van der Waals surface area contributed by atoms with E-state index in [0.717, 1.165) is 16.3 Å². The largest absolute Gasteiger partial charge is 0.478 e. The fraction of sp³-hybridized carbons (Fsp3) is 0.519. The van der Waals surface area contributed by atoms with Gasteiger partial charge in [-0.15, -0.1) is 0 Å². The van der Waals surface area contributed by atoms with Gasteiger partial charge in [0.05, 0.1) is 12.2 Å². The molecule has 2 aromatic rings. The first-order valence-corrected chi connectivity index (χ1v) is 14.7. The topological polar surface area (TPSA) is 133 Å². The Labute approximate surface area is 235 Å². The van der Waals surface area contributed by atoms with E-state index in [9.17, 15) is 23.1 Å². The summed E-state index contributed by atoms with van der Waals surface area (Å²) < 4.78 is 39.9. The molecule has 1 aromatic carbocycles. The van der Waals surface area contributed by atoms with Crippen molar-refractivity contribution in [2.45, 2.75) is 20.0 Å². The second-order valence-corrected chi connectivity index (χ2v) is 12.2. The number of amides is 1. The average molecular weight is 576 g/mol. The van der Waals surface area contributed by atoms with Crippen LogP contribution in [-0.4, -0.2) is 99.8 Å². The number of pyridine rings is 1. The van der Waals surface area contributed by atoms with Crippen molar-refractivity contribution in [3.8, 4) is 0 Å². The first-order valence-electron chi connectivity index (χ1n) is 13.3. The molecule has 218 valence electrons. The summed E-state index contributed by atoms with van der Waals surface area (Å²) in [6, 6.07) is 12.0. The van der Waals surface area contributed by atoms with Gasteiger partial charge in [0.25, 0.3) is 0 Å². The molecule has 2 aliphatic rings. The van der Waals surface area contributed by atoms with Crippen molar-refractivity contribution in [2.75, 3.05) is 69.2 Å². The minimum atomic E-state index is -4.05. The Balaban J connectivity index is 1.45. The molecule has 0 bridgehead atoms. The van der Waals surface area contributed by atoms with E-state index in [2.05, 4.69) is 11.9 Å². The Bertz CT molecular complexity index is 1290. The average Bonchev–Trinajstić information content (AvgIpc) is 3.67. The smallest absolute Gasteiger partial charge is 0.410 e. The van der Waals surface area contributed by atoms with Crippen LogP contribution in [0, 0.1) is 11.8 Å². The molecule has 12 nitrogen and oxygen atoms in total. The summed E-state index contributed by atoms with van der Waals surface area (Å²) >= 11 is 0. The second-order valence-electron chi connectivity index (χ2n) is 10.2. The van der Waals surface area contributed by atoms with Gasteiger partial charge >= 0.3 is 22.3 Å². The predicted octanol–water partition coefficient (Wildman–Crippen LogP) is 2.52. The minimum absolute atomic E-state index is 0.00543. The molecule has 1 aromatic heterocycles. The van der Waals surface area contributed by atoms with Crippen LogP contribution < -0.4 is 9.21 Å². The van der Waals surface area contributed by atoms with E-state index in [1.807, 2.05) is 35.2 Å². The van der Waals surface area contributed by atoms with Crippen LogP contribution in [0.25, 0.3) is 0 Å². The van der Waals surface area contributed by atoms with Crippen molar-refractivity contribution in [3.05, 3.63) is 53.6 Å². The molecule has 2 heterocycles. The van der Waals surface area contributed by atoms with Crippen molar-refractivity contribution in [3.63, 3.8) is 0 Å². The normalized spacial score (nSPS) is 19.2. The summed E-state index contributed by atoms with van der Waals surface area (Å²) in [6.07, 6.45) is 0.575. The van der Waals surface area contributed by atoms with Crippen LogP contribution in [0.5, 0.6) is 0 Å². The maximum atomic E-state index is 13.5. The lowest BCUT2D eigenvalue weighted by Gasteiger charge is -2.35. The monoisotopic (exact) mass is 575 g/mol. The third-order valence-electron chi connectivity index (χ3n) is 7.36. The molecule has 1 aliphatic heterocycles. The van der Waals surface area contributed by atoms with Crippen molar-refractivity contribution in [1.82, 2.24) is 14.2 Å². The number of nitrogens with zero attached hydrogens (tertiary/aromatic N) is 5. The first kappa shape index (κ1) is 29.6. The maximum Gasteiger partial charge on any atom is 0.410 e. The van der Waals surface area contributed by atoms with Crippen LogP contribution in [0.2, 0.25) is 0 Å². The number of carbonyl (C=O) groups excluding carboxylic acids is 1. The molecular weight excluding hydrogens is 538 g/mol. The molecule has 1 aliphatic carbocycles. The molecular formula is C27H37N5O7S. The van der Waals surface area contributed by atoms with E-state index in [1.165, 1.54) is 28.4 Å². The highest BCUT2D eigenvalue weighted by Crippen LogP contribution is 2.39. The van der Waals surface area contributed by atoms with Gasteiger partial charge in [-0.1, -0.05) is 37.3 Å². The number of piperazine rings is 1. The summed E-state index contributed by atoms with van der Waals surface area (Å²) in [5.41, 5.74) is 0.806. The second kappa shape index (κ2) is 12.8. The molecule has 0 radical (unpaired) electrons. The molecule has 0 unspecified atom stereocenters. The Kier molecular flexibility index (Phi) is 9.48. The third-order valence-corrected chi connectivity index (χ3v) is 9.26. The van der Waals surface area contributed by atoms with Crippen LogP contribution in [0.4, 0.5) is 16.4 Å². The van der Waals surface area contributed by atoms with E-state index in [-0.39, 0.29) is 44.2 Å². The van der Waals surface area contributed by atoms with E-state index in [4.69, 9.17) is 9.47 Å². The number of carboxylic acid groups (broad SMARTS) is 1. The number of ether oxygens (including phenoxy) is 2. The molecule has 2 atom stereocenters. The highest BCUT2D eigenvalue weighted by molar-refractivity contribution is 7.90. The molecule has 1 saturated carbocycles. The highest BCUT2D eigenvalue weighted by Gasteiger charge is 2.36. The predicted molar refractivity (Wildman–Crippen MR) is 150 cm³/mol. The molecule has 1 amide bonds. The Morgan fingerprint density at radius 1 is 1.10 bits per heavy atom. The zero-order valence-corrected chi connectivity index (χ0v) is 23.9. The van der Waals surface area contributed by atoms with Gasteiger partial charge in [0.2, 0.25) is 0 Å². The number of hydrogen-bond donors (Lipinski definition) is 1. The van der Waals surface area contributed by atoms with Gasteiger partial charge in [-0.05, 0) is 36.0 Å². The Hall–Kier alpha value is -3.42. The number of aromatic nitrogens is 1. The quantitative estimate of drug-likeness (QED) is 0.405. The number of aromatic carboxylic acids is 1. The lowest BCUT2D eigenvalue weighted by molar-refractivity contribution is 0.0696. The van der Waals surface area contributed by atoms with Crippen LogP contribution in [0.15, 0.2) is 42.5 Å². The number of carbonyl (C=O) groups is 2. The SMILES string of the molecule is COCCN(C[C@@H]1C[C@H]1C)c1cc(C(=O)O)cc(N(C)S(=O)(=O)N2CCN(C(=O)OCc3ccccc3)CC2)n1. The third kappa shape index (κ3) is 7.20. The molecule has 0 spiro atoms. The van der Waals surface area contributed by atoms with Crippen LogP contribution in [0.1, 0.15) is 29.3 Å². The standard InChI is InChI=1S/C27H37N5O7S/c1-20-15-23(20)18-31(13-14-38-3)25-17-22(26(33)34)16-24(28-25)29(2)40(36,37)32-11-9-30(10-12-32)27(35)39-19-21-7-5-4-6-8-21/h4-8,16-17,20,23H,9-15,18-19H2,1-3H3,(H,33,34)/t20-,23+/m1/s1. The molecule has 1 N–H and O–H groups in total. The lowest BCUT2D eigenvalue weighted by atomic mass is 10.2. The van der Waals surface area contributed by atoms with Gasteiger partial charge < -0.3 is 24.4 Å². The van der Waals surface area contributed by atoms with Crippen molar-refractivity contribution >= 4 is 33.9 Å². The van der Waals surface area contributed by atoms with Crippen molar-refractivity contribution in [1.29, 1.82) is 0 Å². The van der Waals surface area contributed by atoms with Gasteiger partial charge in [-0.25, -0.2) is 18.9 Å². The zero-order valence-electron chi connectivity index (χ0n) is 23.1. The maximum absolute atomic E-state index is 13.5. The number of carboxylic acids is 1. The molecule has 4 rings (SSSR count). The first-order chi connectivity index (χ1) is 19.1. The van der Waals surface area contributed by atoms with Crippen molar-refractivity contribution in [2.24, 2.45) is 11.8 Å². The van der Waals surface area contributed by atoms with E-state index >= 15 is 0 Å². The zero-order chi connectivity index (χ0) is 28.9. The number of rotatable bonds is 12. The fourth-order valence-electron chi connectivity index (χ4n) is 4.59. The number of methoxy groups -OCH3 is 1. The van der Waals surface area contributed by atoms with Gasteiger partial charge in [-0.2, -0.15) is 12.7 Å². The van der Waals surface area contributed by atoms with Gasteiger partial charge in [0, 0.05) is 53.4 Å². The number of hydrogen-bond acceptors (Lipinski definition) is 8. The summed E-state index contributed by atoms with van der Waals surface area (Å²) in [7, 11) is -1.10. The van der Waals surface area contributed by atoms with Crippen LogP contribution >= 0.6 is 0 Å². The minimum Gasteiger partial charge on any atom is -0.478 e. The van der Waals surface area contributed by atoms with E-state index < -0.39 is 22.3 Å². The Morgan fingerprint density at radius 3 is 2.35 bits per heavy atom. The Morgan fingerprint density at radius 2 is 1.75 bits per heavy atom.